The van der Waals surface area contributed by atoms with Gasteiger partial charge in [0.1, 0.15) is 0 Å². The van der Waals surface area contributed by atoms with Crippen molar-refractivity contribution >= 4 is 11.8 Å². The molecule has 3 rings (SSSR count). The summed E-state index contributed by atoms with van der Waals surface area (Å²) in [4.78, 5) is 28.6. The summed E-state index contributed by atoms with van der Waals surface area (Å²) in [5.74, 6) is 0.357. The van der Waals surface area contributed by atoms with Crippen molar-refractivity contribution in [1.82, 2.24) is 15.1 Å². The van der Waals surface area contributed by atoms with Crippen LogP contribution in [-0.4, -0.2) is 47.8 Å². The number of amides is 2. The predicted molar refractivity (Wildman–Crippen MR) is 97.8 cm³/mol. The molecule has 2 heterocycles. The summed E-state index contributed by atoms with van der Waals surface area (Å²) >= 11 is 0. The van der Waals surface area contributed by atoms with Gasteiger partial charge < -0.3 is 10.2 Å². The number of carbonyl (C=O) groups is 2. The Balaban J connectivity index is 1.60. The van der Waals surface area contributed by atoms with E-state index in [-0.39, 0.29) is 17.9 Å². The molecule has 136 valence electrons. The number of hydrogen-bond donors (Lipinski definition) is 1. The Hall–Kier alpha value is -1.88. The van der Waals surface area contributed by atoms with Gasteiger partial charge in [0.2, 0.25) is 11.8 Å². The SMILES string of the molecule is CN1CCCCCC1C(=O)NCc1ccccc1CN1CCCC1=O. The largest absolute Gasteiger partial charge is 0.351 e. The third kappa shape index (κ3) is 4.60. The van der Waals surface area contributed by atoms with Gasteiger partial charge in [0.05, 0.1) is 6.04 Å². The zero-order valence-electron chi connectivity index (χ0n) is 15.2. The van der Waals surface area contributed by atoms with Crippen LogP contribution in [-0.2, 0) is 22.7 Å². The quantitative estimate of drug-likeness (QED) is 0.892. The molecule has 5 nitrogen and oxygen atoms in total. The molecule has 2 saturated heterocycles. The van der Waals surface area contributed by atoms with Crippen LogP contribution in [0.4, 0.5) is 0 Å². The molecule has 0 bridgehead atoms. The van der Waals surface area contributed by atoms with E-state index in [1.165, 1.54) is 12.8 Å². The number of rotatable bonds is 5. The highest BCUT2D eigenvalue weighted by Crippen LogP contribution is 2.18. The predicted octanol–water partition coefficient (Wildman–Crippen LogP) is 2.30. The molecule has 25 heavy (non-hydrogen) atoms. The van der Waals surface area contributed by atoms with Crippen molar-refractivity contribution in [3.8, 4) is 0 Å². The molecule has 2 aliphatic rings. The molecule has 2 fully saturated rings. The number of hydrogen-bond acceptors (Lipinski definition) is 3. The first-order valence-electron chi connectivity index (χ1n) is 9.47. The van der Waals surface area contributed by atoms with Crippen molar-refractivity contribution in [2.24, 2.45) is 0 Å². The molecule has 0 saturated carbocycles. The lowest BCUT2D eigenvalue weighted by molar-refractivity contribution is -0.128. The summed E-state index contributed by atoms with van der Waals surface area (Å²) in [7, 11) is 2.04. The molecule has 1 unspecified atom stereocenters. The van der Waals surface area contributed by atoms with Gasteiger partial charge in [-0.05, 0) is 44.0 Å². The summed E-state index contributed by atoms with van der Waals surface area (Å²) in [6.07, 6.45) is 6.05. The molecule has 0 spiro atoms. The molecule has 0 aromatic heterocycles. The van der Waals surface area contributed by atoms with Crippen molar-refractivity contribution in [3.05, 3.63) is 35.4 Å². The van der Waals surface area contributed by atoms with Crippen LogP contribution in [0.2, 0.25) is 0 Å². The van der Waals surface area contributed by atoms with Gasteiger partial charge in [0.15, 0.2) is 0 Å². The summed E-state index contributed by atoms with van der Waals surface area (Å²) < 4.78 is 0. The number of nitrogens with zero attached hydrogens (tertiary/aromatic N) is 2. The third-order valence-electron chi connectivity index (χ3n) is 5.43. The van der Waals surface area contributed by atoms with Gasteiger partial charge in [-0.15, -0.1) is 0 Å². The fraction of sp³-hybridized carbons (Fsp3) is 0.600. The van der Waals surface area contributed by atoms with Crippen LogP contribution in [0.1, 0.15) is 49.7 Å². The molecule has 2 amide bonds. The average Bonchev–Trinajstić information content (AvgIpc) is 2.88. The normalized spacial score (nSPS) is 22.0. The minimum Gasteiger partial charge on any atom is -0.351 e. The van der Waals surface area contributed by atoms with Crippen LogP contribution < -0.4 is 5.32 Å². The minimum atomic E-state index is -0.0187. The molecular weight excluding hydrogens is 314 g/mol. The van der Waals surface area contributed by atoms with Crippen LogP contribution in [0.25, 0.3) is 0 Å². The maximum Gasteiger partial charge on any atom is 0.237 e. The first kappa shape index (κ1) is 17.9. The maximum absolute atomic E-state index is 12.6. The van der Waals surface area contributed by atoms with E-state index < -0.39 is 0 Å². The summed E-state index contributed by atoms with van der Waals surface area (Å²) in [5.41, 5.74) is 2.24. The molecular formula is C20H29N3O2. The summed E-state index contributed by atoms with van der Waals surface area (Å²) in [6, 6.07) is 8.09. The molecule has 1 aromatic rings. The first-order valence-corrected chi connectivity index (χ1v) is 9.47. The Morgan fingerprint density at radius 3 is 2.68 bits per heavy atom. The minimum absolute atomic E-state index is 0.0187. The van der Waals surface area contributed by atoms with Gasteiger partial charge >= 0.3 is 0 Å². The van der Waals surface area contributed by atoms with Gasteiger partial charge in [-0.2, -0.15) is 0 Å². The lowest BCUT2D eigenvalue weighted by Gasteiger charge is -2.25. The highest BCUT2D eigenvalue weighted by molar-refractivity contribution is 5.81. The van der Waals surface area contributed by atoms with E-state index in [0.29, 0.717) is 19.5 Å². The number of benzene rings is 1. The van der Waals surface area contributed by atoms with Crippen molar-refractivity contribution < 1.29 is 9.59 Å². The van der Waals surface area contributed by atoms with E-state index in [9.17, 15) is 9.59 Å². The maximum atomic E-state index is 12.6. The second-order valence-corrected chi connectivity index (χ2v) is 7.25. The molecule has 0 radical (unpaired) electrons. The second-order valence-electron chi connectivity index (χ2n) is 7.25. The van der Waals surface area contributed by atoms with Gasteiger partial charge in [-0.25, -0.2) is 0 Å². The van der Waals surface area contributed by atoms with Crippen molar-refractivity contribution in [1.29, 1.82) is 0 Å². The molecule has 2 aliphatic heterocycles. The van der Waals surface area contributed by atoms with E-state index in [4.69, 9.17) is 0 Å². The molecule has 5 heteroatoms. The zero-order valence-corrected chi connectivity index (χ0v) is 15.2. The van der Waals surface area contributed by atoms with E-state index in [0.717, 1.165) is 43.5 Å². The van der Waals surface area contributed by atoms with Crippen LogP contribution >= 0.6 is 0 Å². The Kier molecular flexibility index (Phi) is 6.08. The Morgan fingerprint density at radius 2 is 1.92 bits per heavy atom. The average molecular weight is 343 g/mol. The lowest BCUT2D eigenvalue weighted by atomic mass is 10.1. The molecule has 1 aromatic carbocycles. The van der Waals surface area contributed by atoms with E-state index in [1.807, 2.05) is 30.1 Å². The molecule has 0 aliphatic carbocycles. The monoisotopic (exact) mass is 343 g/mol. The van der Waals surface area contributed by atoms with Crippen LogP contribution in [0.15, 0.2) is 24.3 Å². The van der Waals surface area contributed by atoms with Crippen LogP contribution in [0.3, 0.4) is 0 Å². The van der Waals surface area contributed by atoms with Crippen molar-refractivity contribution in [3.63, 3.8) is 0 Å². The first-order chi connectivity index (χ1) is 12.1. The highest BCUT2D eigenvalue weighted by atomic mass is 16.2. The standard InChI is InChI=1S/C20H29N3O2/c1-22-12-6-2-3-10-18(22)20(25)21-14-16-8-4-5-9-17(16)15-23-13-7-11-19(23)24/h4-5,8-9,18H,2-3,6-7,10-15H2,1H3,(H,21,25). The Morgan fingerprint density at radius 1 is 1.12 bits per heavy atom. The fourth-order valence-electron chi connectivity index (χ4n) is 3.84. The van der Waals surface area contributed by atoms with E-state index in [2.05, 4.69) is 16.3 Å². The van der Waals surface area contributed by atoms with Gasteiger partial charge in [-0.1, -0.05) is 37.1 Å². The van der Waals surface area contributed by atoms with Crippen molar-refractivity contribution in [2.45, 2.75) is 57.7 Å². The van der Waals surface area contributed by atoms with Crippen LogP contribution in [0.5, 0.6) is 0 Å². The third-order valence-corrected chi connectivity index (χ3v) is 5.43. The van der Waals surface area contributed by atoms with Gasteiger partial charge in [-0.3, -0.25) is 14.5 Å². The van der Waals surface area contributed by atoms with Gasteiger partial charge in [0, 0.05) is 26.1 Å². The Labute approximate surface area is 150 Å². The molecule has 1 atom stereocenters. The highest BCUT2D eigenvalue weighted by Gasteiger charge is 2.25. The van der Waals surface area contributed by atoms with E-state index >= 15 is 0 Å². The number of nitrogens with one attached hydrogen (secondary N) is 1. The number of likely N-dealkylation sites (N-methyl/N-ethyl adjacent to an activating group) is 1. The second kappa shape index (κ2) is 8.48. The topological polar surface area (TPSA) is 52.7 Å². The van der Waals surface area contributed by atoms with Gasteiger partial charge in [0.25, 0.3) is 0 Å². The Bertz CT molecular complexity index is 617. The summed E-state index contributed by atoms with van der Waals surface area (Å²) in [6.45, 7) is 3.01. The zero-order chi connectivity index (χ0) is 17.6. The van der Waals surface area contributed by atoms with E-state index in [1.54, 1.807) is 0 Å². The lowest BCUT2D eigenvalue weighted by Crippen LogP contribution is -2.44. The number of carbonyl (C=O) groups excluding carboxylic acids is 2. The molecule has 1 N–H and O–H groups in total. The smallest absolute Gasteiger partial charge is 0.237 e. The fourth-order valence-corrected chi connectivity index (χ4v) is 3.84. The van der Waals surface area contributed by atoms with Crippen LogP contribution in [0, 0.1) is 0 Å². The van der Waals surface area contributed by atoms with Crippen molar-refractivity contribution in [2.75, 3.05) is 20.1 Å². The summed E-state index contributed by atoms with van der Waals surface area (Å²) in [5, 5.41) is 3.12. The number of likely N-dealkylation sites (tertiary alicyclic amines) is 2.